The number of aliphatic hydroxyl groups is 3. The van der Waals surface area contributed by atoms with Gasteiger partial charge in [0.25, 0.3) is 0 Å². The highest BCUT2D eigenvalue weighted by molar-refractivity contribution is 6.30. The van der Waals surface area contributed by atoms with Crippen LogP contribution in [0.3, 0.4) is 0 Å². The summed E-state index contributed by atoms with van der Waals surface area (Å²) in [6.45, 7) is 1.31. The van der Waals surface area contributed by atoms with E-state index in [1.807, 2.05) is 0 Å². The largest absolute Gasteiger partial charge is 0.507 e. The summed E-state index contributed by atoms with van der Waals surface area (Å²) >= 11 is 0. The lowest BCUT2D eigenvalue weighted by molar-refractivity contribution is -0.239. The van der Waals surface area contributed by atoms with E-state index in [2.05, 4.69) is 0 Å². The molecule has 186 valence electrons. The van der Waals surface area contributed by atoms with Crippen molar-refractivity contribution in [3.63, 3.8) is 0 Å². The summed E-state index contributed by atoms with van der Waals surface area (Å²) in [4.78, 5) is 26.6. The minimum atomic E-state index is -1.30. The molecule has 0 saturated carbocycles. The maximum atomic E-state index is 13.3. The van der Waals surface area contributed by atoms with Gasteiger partial charge in [-0.2, -0.15) is 0 Å². The van der Waals surface area contributed by atoms with Crippen molar-refractivity contribution in [2.45, 2.75) is 62.4 Å². The molecule has 7 N–H and O–H groups in total. The van der Waals surface area contributed by atoms with Gasteiger partial charge >= 0.3 is 0 Å². The first-order valence-electron chi connectivity index (χ1n) is 11.4. The van der Waals surface area contributed by atoms with Gasteiger partial charge in [0.15, 0.2) is 17.9 Å². The van der Waals surface area contributed by atoms with E-state index in [1.165, 1.54) is 19.1 Å². The molecule has 1 heterocycles. The van der Waals surface area contributed by atoms with E-state index >= 15 is 0 Å². The minimum absolute atomic E-state index is 0.0132. The van der Waals surface area contributed by atoms with Gasteiger partial charge in [-0.25, -0.2) is 0 Å². The maximum Gasteiger partial charge on any atom is 0.198 e. The van der Waals surface area contributed by atoms with Crippen LogP contribution < -0.4 is 5.73 Å². The fraction of sp³-hybridized carbons (Fsp3) is 0.440. The zero-order chi connectivity index (χ0) is 25.2. The Hall–Kier alpha value is -2.86. The number of carbonyl (C=O) groups is 2. The van der Waals surface area contributed by atoms with Crippen molar-refractivity contribution in [1.82, 2.24) is 0 Å². The molecule has 1 aliphatic heterocycles. The van der Waals surface area contributed by atoms with Crippen molar-refractivity contribution < 1.29 is 44.6 Å². The summed E-state index contributed by atoms with van der Waals surface area (Å²) in [5.41, 5.74) is 4.95. The molecular weight excluding hydrogens is 458 g/mol. The van der Waals surface area contributed by atoms with Crippen LogP contribution in [0.15, 0.2) is 24.3 Å². The third kappa shape index (κ3) is 3.65. The monoisotopic (exact) mass is 485 g/mol. The van der Waals surface area contributed by atoms with Crippen molar-refractivity contribution in [2.75, 3.05) is 6.61 Å². The smallest absolute Gasteiger partial charge is 0.198 e. The fourth-order valence-electron chi connectivity index (χ4n) is 5.21. The van der Waals surface area contributed by atoms with Gasteiger partial charge in [0, 0.05) is 34.2 Å². The van der Waals surface area contributed by atoms with Crippen molar-refractivity contribution >= 4 is 11.6 Å². The third-order valence-electron chi connectivity index (χ3n) is 7.33. The second-order valence-corrected chi connectivity index (χ2v) is 9.59. The Bertz CT molecular complexity index is 1230. The summed E-state index contributed by atoms with van der Waals surface area (Å²) in [7, 11) is 0. The Kier molecular flexibility index (Phi) is 5.71. The second-order valence-electron chi connectivity index (χ2n) is 9.59. The first-order valence-corrected chi connectivity index (χ1v) is 11.4. The van der Waals surface area contributed by atoms with Gasteiger partial charge in [-0.15, -0.1) is 0 Å². The zero-order valence-electron chi connectivity index (χ0n) is 19.0. The molecule has 0 bridgehead atoms. The van der Waals surface area contributed by atoms with Crippen molar-refractivity contribution in [3.8, 4) is 11.5 Å². The molecule has 1 fully saturated rings. The second kappa shape index (κ2) is 8.37. The highest BCUT2D eigenvalue weighted by Gasteiger charge is 2.47. The molecule has 0 radical (unpaired) electrons. The third-order valence-corrected chi connectivity index (χ3v) is 7.33. The first-order chi connectivity index (χ1) is 16.5. The molecule has 10 nitrogen and oxygen atoms in total. The average molecular weight is 485 g/mol. The molecule has 0 amide bonds. The van der Waals surface area contributed by atoms with Gasteiger partial charge < -0.3 is 40.7 Å². The lowest BCUT2D eigenvalue weighted by atomic mass is 9.70. The van der Waals surface area contributed by atoms with E-state index in [-0.39, 0.29) is 59.3 Å². The van der Waals surface area contributed by atoms with Crippen LogP contribution in [0.4, 0.5) is 0 Å². The van der Waals surface area contributed by atoms with Crippen LogP contribution in [0.5, 0.6) is 11.5 Å². The number of aromatic hydroxyl groups is 2. The van der Waals surface area contributed by atoms with E-state index in [4.69, 9.17) is 15.2 Å². The normalized spacial score (nSPS) is 30.9. The number of fused-ring (bicyclic) bond motifs is 3. The molecule has 2 aliphatic carbocycles. The number of rotatable bonds is 3. The van der Waals surface area contributed by atoms with Crippen LogP contribution in [0.2, 0.25) is 0 Å². The van der Waals surface area contributed by atoms with Crippen LogP contribution >= 0.6 is 0 Å². The first kappa shape index (κ1) is 23.9. The van der Waals surface area contributed by atoms with Crippen molar-refractivity contribution in [3.05, 3.63) is 57.6 Å². The fourth-order valence-corrected chi connectivity index (χ4v) is 5.21. The van der Waals surface area contributed by atoms with Gasteiger partial charge in [0.05, 0.1) is 36.0 Å². The number of hydrogen-bond acceptors (Lipinski definition) is 10. The quantitative estimate of drug-likeness (QED) is 0.285. The molecule has 6 atom stereocenters. The van der Waals surface area contributed by atoms with Crippen LogP contribution in [0, 0.1) is 0 Å². The van der Waals surface area contributed by atoms with E-state index in [0.29, 0.717) is 0 Å². The van der Waals surface area contributed by atoms with E-state index < -0.39 is 59.3 Å². The Morgan fingerprint density at radius 3 is 2.23 bits per heavy atom. The van der Waals surface area contributed by atoms with Crippen LogP contribution in [0.25, 0.3) is 0 Å². The van der Waals surface area contributed by atoms with Gasteiger partial charge in [-0.05, 0) is 19.8 Å². The molecule has 0 spiro atoms. The number of phenols is 2. The van der Waals surface area contributed by atoms with Crippen LogP contribution in [0.1, 0.15) is 68.8 Å². The average Bonchev–Trinajstić information content (AvgIpc) is 2.82. The van der Waals surface area contributed by atoms with E-state index in [9.17, 15) is 35.1 Å². The summed E-state index contributed by atoms with van der Waals surface area (Å²) < 4.78 is 11.5. The Balaban J connectivity index is 1.66. The summed E-state index contributed by atoms with van der Waals surface area (Å²) in [6.07, 6.45) is -5.45. The van der Waals surface area contributed by atoms with Crippen molar-refractivity contribution in [2.24, 2.45) is 5.73 Å². The molecule has 2 aromatic carbocycles. The Morgan fingerprint density at radius 2 is 1.66 bits per heavy atom. The van der Waals surface area contributed by atoms with E-state index in [0.717, 1.165) is 0 Å². The Labute approximate surface area is 200 Å². The predicted octanol–water partition coefficient (Wildman–Crippen LogP) is 0.424. The molecular formula is C25H27NO9. The lowest BCUT2D eigenvalue weighted by Gasteiger charge is -2.43. The topological polar surface area (TPSA) is 180 Å². The number of nitrogens with two attached hydrogens (primary N) is 1. The number of phenolic OH excluding ortho intramolecular Hbond substituents is 2. The minimum Gasteiger partial charge on any atom is -0.507 e. The molecule has 2 aromatic rings. The van der Waals surface area contributed by atoms with Crippen molar-refractivity contribution in [1.29, 1.82) is 0 Å². The lowest BCUT2D eigenvalue weighted by Crippen LogP contribution is -2.55. The molecule has 1 saturated heterocycles. The van der Waals surface area contributed by atoms with Gasteiger partial charge in [0.1, 0.15) is 17.6 Å². The molecule has 5 rings (SSSR count). The predicted molar refractivity (Wildman–Crippen MR) is 120 cm³/mol. The molecule has 3 aliphatic rings. The van der Waals surface area contributed by atoms with Crippen LogP contribution in [-0.4, -0.2) is 73.8 Å². The maximum absolute atomic E-state index is 13.3. The van der Waals surface area contributed by atoms with Gasteiger partial charge in [-0.1, -0.05) is 24.3 Å². The SMILES string of the molecule is C[C@H](O)[C@]1(N)Cc2c(O)c3c(c(O)c2[C@H](O[C@H]2C[C@@H](O)[C@H](O)CO2)C1)C(=O)c1ccccc1C3=O. The molecule has 35 heavy (non-hydrogen) atoms. The zero-order valence-corrected chi connectivity index (χ0v) is 19.0. The number of ketones is 2. The van der Waals surface area contributed by atoms with Gasteiger partial charge in [0.2, 0.25) is 0 Å². The van der Waals surface area contributed by atoms with Gasteiger partial charge in [-0.3, -0.25) is 9.59 Å². The number of benzene rings is 2. The highest BCUT2D eigenvalue weighted by Crippen LogP contribution is 2.51. The molecule has 0 unspecified atom stereocenters. The molecule has 10 heteroatoms. The number of carbonyl (C=O) groups excluding carboxylic acids is 2. The Morgan fingerprint density at radius 1 is 1.06 bits per heavy atom. The standard InChI is InChI=1S/C25H27NO9/c1-10(27)25(26)7-13-18(16(8-25)35-17-6-14(28)15(29)9-34-17)24(33)20-19(23(13)32)21(30)11-4-2-3-5-12(11)22(20)31/h2-5,10,14-17,27-29,32-33H,6-9,26H2,1H3/t10-,14+,15+,16+,17-,25-/m0/s1. The van der Waals surface area contributed by atoms with E-state index in [1.54, 1.807) is 12.1 Å². The summed E-state index contributed by atoms with van der Waals surface area (Å²) in [5, 5.41) is 52.8. The summed E-state index contributed by atoms with van der Waals surface area (Å²) in [6, 6.07) is 6.15. The number of ether oxygens (including phenoxy) is 2. The molecule has 0 aromatic heterocycles. The number of aliphatic hydroxyl groups excluding tert-OH is 3. The number of hydrogen-bond donors (Lipinski definition) is 6. The summed E-state index contributed by atoms with van der Waals surface area (Å²) in [5.74, 6) is -2.22. The van der Waals surface area contributed by atoms with Crippen LogP contribution in [-0.2, 0) is 15.9 Å². The highest BCUT2D eigenvalue weighted by atomic mass is 16.7.